The van der Waals surface area contributed by atoms with Crippen molar-refractivity contribution in [3.05, 3.63) is 23.7 Å². The van der Waals surface area contributed by atoms with E-state index in [1.54, 1.807) is 13.0 Å². The van der Waals surface area contributed by atoms with Crippen molar-refractivity contribution in [3.63, 3.8) is 0 Å². The van der Waals surface area contributed by atoms with Gasteiger partial charge in [-0.25, -0.2) is 5.84 Å². The first-order valence-corrected chi connectivity index (χ1v) is 2.80. The molecule has 0 aromatic carbocycles. The van der Waals surface area contributed by atoms with Crippen LogP contribution in [0.3, 0.4) is 0 Å². The number of nitrogens with two attached hydrogens (primary N) is 1. The molecule has 0 atom stereocenters. The van der Waals surface area contributed by atoms with Crippen molar-refractivity contribution in [2.24, 2.45) is 5.84 Å². The van der Waals surface area contributed by atoms with Gasteiger partial charge >= 0.3 is 0 Å². The molecule has 0 aliphatic rings. The number of nitrogens with one attached hydrogen (secondary N) is 1. The minimum atomic E-state index is -0.336. The highest BCUT2D eigenvalue weighted by molar-refractivity contribution is 5.93. The highest BCUT2D eigenvalue weighted by atomic mass is 16.3. The first-order valence-electron chi connectivity index (χ1n) is 2.80. The van der Waals surface area contributed by atoms with E-state index in [1.807, 2.05) is 5.43 Å². The van der Waals surface area contributed by atoms with E-state index in [-0.39, 0.29) is 5.91 Å². The molecule has 1 aromatic rings. The van der Waals surface area contributed by atoms with Crippen molar-refractivity contribution in [2.45, 2.75) is 6.92 Å². The van der Waals surface area contributed by atoms with E-state index in [2.05, 4.69) is 0 Å². The van der Waals surface area contributed by atoms with Gasteiger partial charge in [-0.15, -0.1) is 0 Å². The lowest BCUT2D eigenvalue weighted by Crippen LogP contribution is -2.29. The molecule has 3 N–H and O–H groups in total. The second-order valence-electron chi connectivity index (χ2n) is 1.92. The summed E-state index contributed by atoms with van der Waals surface area (Å²) in [4.78, 5) is 10.7. The Morgan fingerprint density at radius 3 is 2.90 bits per heavy atom. The third-order valence-electron chi connectivity index (χ3n) is 1.12. The van der Waals surface area contributed by atoms with Crippen molar-refractivity contribution < 1.29 is 9.21 Å². The number of amides is 1. The van der Waals surface area contributed by atoms with E-state index in [4.69, 9.17) is 10.3 Å². The van der Waals surface area contributed by atoms with Crippen LogP contribution < -0.4 is 11.3 Å². The molecule has 0 spiro atoms. The number of hydrogen-bond acceptors (Lipinski definition) is 3. The van der Waals surface area contributed by atoms with E-state index in [1.165, 1.54) is 6.26 Å². The maximum atomic E-state index is 10.7. The Bertz CT molecular complexity index is 242. The number of carbonyl (C=O) groups is 1. The molecule has 1 rings (SSSR count). The highest BCUT2D eigenvalue weighted by Gasteiger charge is 2.04. The van der Waals surface area contributed by atoms with E-state index in [0.29, 0.717) is 11.3 Å². The zero-order valence-electron chi connectivity index (χ0n) is 5.55. The zero-order valence-corrected chi connectivity index (χ0v) is 5.55. The summed E-state index contributed by atoms with van der Waals surface area (Å²) in [6.45, 7) is 1.76. The second kappa shape index (κ2) is 2.53. The van der Waals surface area contributed by atoms with Gasteiger partial charge in [0, 0.05) is 0 Å². The Morgan fingerprint density at radius 1 is 1.80 bits per heavy atom. The Morgan fingerprint density at radius 2 is 2.50 bits per heavy atom. The molecule has 1 amide bonds. The Labute approximate surface area is 58.0 Å². The summed E-state index contributed by atoms with van der Waals surface area (Å²) in [6.07, 6.45) is 1.36. The highest BCUT2D eigenvalue weighted by Crippen LogP contribution is 2.04. The quantitative estimate of drug-likeness (QED) is 0.332. The molecule has 0 unspecified atom stereocenters. The van der Waals surface area contributed by atoms with Crippen molar-refractivity contribution >= 4 is 5.91 Å². The summed E-state index contributed by atoms with van der Waals surface area (Å²) >= 11 is 0. The number of carbonyl (C=O) groups excluding carboxylic acids is 1. The molecule has 54 valence electrons. The molecule has 0 radical (unpaired) electrons. The van der Waals surface area contributed by atoms with Crippen molar-refractivity contribution in [1.82, 2.24) is 5.43 Å². The lowest BCUT2D eigenvalue weighted by Gasteiger charge is -1.90. The average Bonchev–Trinajstić information content (AvgIpc) is 2.34. The van der Waals surface area contributed by atoms with Crippen LogP contribution in [0.5, 0.6) is 0 Å². The third kappa shape index (κ3) is 1.16. The number of rotatable bonds is 1. The van der Waals surface area contributed by atoms with Gasteiger partial charge in [0.05, 0.1) is 5.56 Å². The van der Waals surface area contributed by atoms with Crippen LogP contribution in [0.2, 0.25) is 0 Å². The fourth-order valence-electron chi connectivity index (χ4n) is 0.646. The summed E-state index contributed by atoms with van der Waals surface area (Å²) in [7, 11) is 0. The summed E-state index contributed by atoms with van der Waals surface area (Å²) in [5.41, 5.74) is 2.44. The first-order chi connectivity index (χ1) is 4.74. The van der Waals surface area contributed by atoms with Crippen molar-refractivity contribution in [2.75, 3.05) is 0 Å². The fourth-order valence-corrected chi connectivity index (χ4v) is 0.646. The molecule has 0 aliphatic heterocycles. The van der Waals surface area contributed by atoms with Gasteiger partial charge in [0.2, 0.25) is 0 Å². The van der Waals surface area contributed by atoms with Gasteiger partial charge in [-0.2, -0.15) is 0 Å². The van der Waals surface area contributed by atoms with Crippen molar-refractivity contribution in [3.8, 4) is 0 Å². The predicted molar refractivity (Wildman–Crippen MR) is 35.1 cm³/mol. The first kappa shape index (κ1) is 6.82. The molecule has 10 heavy (non-hydrogen) atoms. The van der Waals surface area contributed by atoms with E-state index >= 15 is 0 Å². The number of furan rings is 1. The monoisotopic (exact) mass is 140 g/mol. The number of hydrogen-bond donors (Lipinski definition) is 2. The molecule has 0 saturated heterocycles. The molecule has 0 saturated carbocycles. The third-order valence-corrected chi connectivity index (χ3v) is 1.12. The van der Waals surface area contributed by atoms with E-state index < -0.39 is 0 Å². The molecule has 0 aliphatic carbocycles. The van der Waals surface area contributed by atoms with Gasteiger partial charge in [-0.3, -0.25) is 10.2 Å². The Balaban J connectivity index is 2.85. The van der Waals surface area contributed by atoms with Crippen LogP contribution in [-0.2, 0) is 0 Å². The normalized spacial score (nSPS) is 9.40. The molecule has 0 fully saturated rings. The lowest BCUT2D eigenvalue weighted by atomic mass is 10.3. The van der Waals surface area contributed by atoms with Crippen molar-refractivity contribution in [1.29, 1.82) is 0 Å². The average molecular weight is 140 g/mol. The Hall–Kier alpha value is -1.29. The number of hydrazine groups is 1. The maximum absolute atomic E-state index is 10.7. The van der Waals surface area contributed by atoms with Crippen LogP contribution in [-0.4, -0.2) is 5.91 Å². The van der Waals surface area contributed by atoms with Gasteiger partial charge < -0.3 is 4.42 Å². The fraction of sp³-hybridized carbons (Fsp3) is 0.167. The molecule has 1 aromatic heterocycles. The molecule has 0 bridgehead atoms. The Kier molecular flexibility index (Phi) is 1.73. The minimum absolute atomic E-state index is 0.336. The molecular formula is C6H8N2O2. The minimum Gasteiger partial charge on any atom is -0.469 e. The summed E-state index contributed by atoms with van der Waals surface area (Å²) in [5.74, 6) is 5.23. The summed E-state index contributed by atoms with van der Waals surface area (Å²) < 4.78 is 4.87. The predicted octanol–water partition coefficient (Wildman–Crippen LogP) is 0.192. The van der Waals surface area contributed by atoms with Crippen LogP contribution in [0.4, 0.5) is 0 Å². The van der Waals surface area contributed by atoms with Crippen LogP contribution in [0.25, 0.3) is 0 Å². The van der Waals surface area contributed by atoms with E-state index in [0.717, 1.165) is 0 Å². The van der Waals surface area contributed by atoms with Gasteiger partial charge in [0.25, 0.3) is 5.91 Å². The largest absolute Gasteiger partial charge is 0.469 e. The maximum Gasteiger partial charge on any atom is 0.268 e. The molecule has 4 heteroatoms. The number of aryl methyl sites for hydroxylation is 1. The van der Waals surface area contributed by atoms with Gasteiger partial charge in [0.1, 0.15) is 12.0 Å². The second-order valence-corrected chi connectivity index (χ2v) is 1.92. The van der Waals surface area contributed by atoms with Gasteiger partial charge in [-0.05, 0) is 13.0 Å². The molecular weight excluding hydrogens is 132 g/mol. The SMILES string of the molecule is Cc1cc(C(=O)NN)co1. The van der Waals surface area contributed by atoms with Crippen LogP contribution in [0, 0.1) is 6.92 Å². The number of nitrogen functional groups attached to an aromatic ring is 1. The van der Waals surface area contributed by atoms with Crippen LogP contribution in [0.1, 0.15) is 16.1 Å². The zero-order chi connectivity index (χ0) is 7.56. The smallest absolute Gasteiger partial charge is 0.268 e. The van der Waals surface area contributed by atoms with Crippen LogP contribution in [0.15, 0.2) is 16.7 Å². The topological polar surface area (TPSA) is 68.3 Å². The molecule has 1 heterocycles. The van der Waals surface area contributed by atoms with Gasteiger partial charge in [0.15, 0.2) is 0 Å². The lowest BCUT2D eigenvalue weighted by molar-refractivity contribution is 0.0953. The molecule has 4 nitrogen and oxygen atoms in total. The van der Waals surface area contributed by atoms with Gasteiger partial charge in [-0.1, -0.05) is 0 Å². The standard InChI is InChI=1S/C6H8N2O2/c1-4-2-5(3-10-4)6(9)8-7/h2-3H,7H2,1H3,(H,8,9). The van der Waals surface area contributed by atoms with E-state index in [9.17, 15) is 4.79 Å². The van der Waals surface area contributed by atoms with Crippen LogP contribution >= 0.6 is 0 Å². The summed E-state index contributed by atoms with van der Waals surface area (Å²) in [5, 5.41) is 0. The summed E-state index contributed by atoms with van der Waals surface area (Å²) in [6, 6.07) is 1.61.